The molecule has 2 nitrogen and oxygen atoms in total. The third-order valence-corrected chi connectivity index (χ3v) is 1.89. The van der Waals surface area contributed by atoms with E-state index < -0.39 is 0 Å². The molecular formula is C11H9O2. The summed E-state index contributed by atoms with van der Waals surface area (Å²) in [7, 11) is 1.66. The van der Waals surface area contributed by atoms with Gasteiger partial charge in [-0.2, -0.15) is 0 Å². The van der Waals surface area contributed by atoms with Crippen molar-refractivity contribution in [3.8, 4) is 16.9 Å². The van der Waals surface area contributed by atoms with Crippen LogP contribution in [0.1, 0.15) is 0 Å². The molecule has 0 fully saturated rings. The molecule has 0 atom stereocenters. The van der Waals surface area contributed by atoms with Crippen molar-refractivity contribution in [3.05, 3.63) is 42.9 Å². The molecule has 13 heavy (non-hydrogen) atoms. The van der Waals surface area contributed by atoms with E-state index in [9.17, 15) is 0 Å². The number of para-hydroxylation sites is 1. The quantitative estimate of drug-likeness (QED) is 0.696. The minimum atomic E-state index is 0.845. The summed E-state index contributed by atoms with van der Waals surface area (Å²) in [6, 6.07) is 9.59. The highest BCUT2D eigenvalue weighted by Crippen LogP contribution is 2.29. The van der Waals surface area contributed by atoms with E-state index in [4.69, 9.17) is 9.15 Å². The van der Waals surface area contributed by atoms with Gasteiger partial charge in [-0.1, -0.05) is 18.2 Å². The first kappa shape index (κ1) is 7.92. The van der Waals surface area contributed by atoms with Crippen LogP contribution in [0.2, 0.25) is 0 Å². The lowest BCUT2D eigenvalue weighted by atomic mass is 10.1. The number of methoxy groups -OCH3 is 1. The highest BCUT2D eigenvalue weighted by atomic mass is 16.5. The minimum absolute atomic E-state index is 0.845. The number of ether oxygens (including phenoxy) is 1. The maximum atomic E-state index is 5.21. The first-order valence-electron chi connectivity index (χ1n) is 4.00. The van der Waals surface area contributed by atoms with Crippen LogP contribution in [0.4, 0.5) is 0 Å². The Kier molecular flexibility index (Phi) is 2.04. The summed E-state index contributed by atoms with van der Waals surface area (Å²) in [5.41, 5.74) is 2.01. The van der Waals surface area contributed by atoms with Crippen molar-refractivity contribution in [3.63, 3.8) is 0 Å². The maximum Gasteiger partial charge on any atom is 0.169 e. The molecule has 2 aromatic rings. The lowest BCUT2D eigenvalue weighted by Crippen LogP contribution is -1.85. The van der Waals surface area contributed by atoms with Crippen LogP contribution < -0.4 is 4.74 Å². The molecule has 2 rings (SSSR count). The lowest BCUT2D eigenvalue weighted by Gasteiger charge is -2.04. The van der Waals surface area contributed by atoms with Crippen LogP contribution in [0.3, 0.4) is 0 Å². The molecule has 0 unspecified atom stereocenters. The van der Waals surface area contributed by atoms with Gasteiger partial charge in [0.25, 0.3) is 0 Å². The molecule has 0 N–H and O–H groups in total. The number of hydrogen-bond donors (Lipinski definition) is 0. The standard InChI is InChI=1S/C11H9O2/c1-12-11-5-3-2-4-10(11)9-6-7-13-8-9/h2-6,8H,1H3. The Labute approximate surface area is 76.8 Å². The van der Waals surface area contributed by atoms with E-state index >= 15 is 0 Å². The van der Waals surface area contributed by atoms with Gasteiger partial charge in [0.2, 0.25) is 0 Å². The molecule has 0 aliphatic rings. The molecule has 1 heterocycles. The summed E-state index contributed by atoms with van der Waals surface area (Å²) >= 11 is 0. The average Bonchev–Trinajstić information content (AvgIpc) is 2.70. The van der Waals surface area contributed by atoms with E-state index in [1.807, 2.05) is 24.3 Å². The van der Waals surface area contributed by atoms with Crippen molar-refractivity contribution in [1.82, 2.24) is 0 Å². The normalized spacial score (nSPS) is 9.92. The van der Waals surface area contributed by atoms with Crippen LogP contribution in [0.15, 0.2) is 41.0 Å². The van der Waals surface area contributed by atoms with Crippen molar-refractivity contribution in [2.75, 3.05) is 7.11 Å². The Morgan fingerprint density at radius 3 is 2.85 bits per heavy atom. The first-order valence-corrected chi connectivity index (χ1v) is 4.00. The van der Waals surface area contributed by atoms with E-state index in [0.717, 1.165) is 16.9 Å². The molecule has 0 saturated heterocycles. The van der Waals surface area contributed by atoms with Gasteiger partial charge in [-0.25, -0.2) is 0 Å². The summed E-state index contributed by atoms with van der Waals surface area (Å²) < 4.78 is 10.1. The van der Waals surface area contributed by atoms with Crippen molar-refractivity contribution < 1.29 is 9.15 Å². The monoisotopic (exact) mass is 173 g/mol. The first-order chi connectivity index (χ1) is 6.42. The van der Waals surface area contributed by atoms with Gasteiger partial charge in [-0.15, -0.1) is 0 Å². The fraction of sp³-hybridized carbons (Fsp3) is 0.0909. The van der Waals surface area contributed by atoms with E-state index in [1.54, 1.807) is 19.4 Å². The zero-order valence-electron chi connectivity index (χ0n) is 7.28. The van der Waals surface area contributed by atoms with E-state index in [1.165, 1.54) is 0 Å². The summed E-state index contributed by atoms with van der Waals surface area (Å²) in [6.07, 6.45) is 4.30. The van der Waals surface area contributed by atoms with Crippen molar-refractivity contribution >= 4 is 0 Å². The molecule has 0 amide bonds. The largest absolute Gasteiger partial charge is 0.496 e. The highest BCUT2D eigenvalue weighted by Gasteiger charge is 2.04. The summed E-state index contributed by atoms with van der Waals surface area (Å²) in [5.74, 6) is 0.845. The van der Waals surface area contributed by atoms with Crippen molar-refractivity contribution in [1.29, 1.82) is 0 Å². The van der Waals surface area contributed by atoms with Crippen molar-refractivity contribution in [2.24, 2.45) is 0 Å². The van der Waals surface area contributed by atoms with Crippen LogP contribution in [-0.2, 0) is 0 Å². The molecule has 0 aliphatic carbocycles. The van der Waals surface area contributed by atoms with Gasteiger partial charge in [0.05, 0.1) is 13.4 Å². The third kappa shape index (κ3) is 1.43. The Morgan fingerprint density at radius 1 is 1.31 bits per heavy atom. The minimum Gasteiger partial charge on any atom is -0.496 e. The van der Waals surface area contributed by atoms with Gasteiger partial charge in [0.15, 0.2) is 6.26 Å². The number of hydrogen-bond acceptors (Lipinski definition) is 2. The third-order valence-electron chi connectivity index (χ3n) is 1.89. The number of furan rings is 1. The second-order valence-electron chi connectivity index (χ2n) is 2.65. The van der Waals surface area contributed by atoms with Gasteiger partial charge in [0.1, 0.15) is 5.75 Å². The van der Waals surface area contributed by atoms with Crippen molar-refractivity contribution in [2.45, 2.75) is 0 Å². The van der Waals surface area contributed by atoms with E-state index in [-0.39, 0.29) is 0 Å². The van der Waals surface area contributed by atoms with Gasteiger partial charge in [-0.3, -0.25) is 0 Å². The highest BCUT2D eigenvalue weighted by molar-refractivity contribution is 5.69. The molecule has 1 aromatic carbocycles. The second-order valence-corrected chi connectivity index (χ2v) is 2.65. The molecule has 0 bridgehead atoms. The number of rotatable bonds is 2. The lowest BCUT2D eigenvalue weighted by molar-refractivity contribution is 0.416. The predicted molar refractivity (Wildman–Crippen MR) is 49.5 cm³/mol. The SMILES string of the molecule is COc1ccccc1-c1c[c]oc1. The molecule has 1 aromatic heterocycles. The fourth-order valence-electron chi connectivity index (χ4n) is 1.25. The van der Waals surface area contributed by atoms with E-state index in [0.29, 0.717) is 0 Å². The molecule has 0 saturated carbocycles. The molecule has 0 aliphatic heterocycles. The van der Waals surface area contributed by atoms with Crippen LogP contribution in [0.25, 0.3) is 11.1 Å². The second kappa shape index (κ2) is 3.35. The van der Waals surface area contributed by atoms with Gasteiger partial charge >= 0.3 is 0 Å². The molecule has 1 radical (unpaired) electrons. The fourth-order valence-corrected chi connectivity index (χ4v) is 1.25. The Hall–Kier alpha value is -1.70. The van der Waals surface area contributed by atoms with Crippen LogP contribution >= 0.6 is 0 Å². The maximum absolute atomic E-state index is 5.21. The van der Waals surface area contributed by atoms with E-state index in [2.05, 4.69) is 6.26 Å². The Balaban J connectivity index is 2.51. The van der Waals surface area contributed by atoms with Crippen LogP contribution in [0, 0.1) is 6.26 Å². The predicted octanol–water partition coefficient (Wildman–Crippen LogP) is 2.76. The zero-order chi connectivity index (χ0) is 9.10. The molecular weight excluding hydrogens is 164 g/mol. The van der Waals surface area contributed by atoms with Gasteiger partial charge in [-0.05, 0) is 12.1 Å². The number of benzene rings is 1. The van der Waals surface area contributed by atoms with Gasteiger partial charge < -0.3 is 9.15 Å². The smallest absolute Gasteiger partial charge is 0.169 e. The molecule has 65 valence electrons. The topological polar surface area (TPSA) is 22.4 Å². The Bertz CT molecular complexity index is 377. The molecule has 2 heteroatoms. The molecule has 0 spiro atoms. The average molecular weight is 173 g/mol. The van der Waals surface area contributed by atoms with Crippen LogP contribution in [0.5, 0.6) is 5.75 Å². The summed E-state index contributed by atoms with van der Waals surface area (Å²) in [5, 5.41) is 0. The summed E-state index contributed by atoms with van der Waals surface area (Å²) in [4.78, 5) is 0. The summed E-state index contributed by atoms with van der Waals surface area (Å²) in [6.45, 7) is 0. The Morgan fingerprint density at radius 2 is 2.15 bits per heavy atom. The van der Waals surface area contributed by atoms with Gasteiger partial charge in [0, 0.05) is 11.1 Å². The zero-order valence-corrected chi connectivity index (χ0v) is 7.28. The van der Waals surface area contributed by atoms with Crippen LogP contribution in [-0.4, -0.2) is 7.11 Å².